The smallest absolute Gasteiger partial charge is 0.325 e. The van der Waals surface area contributed by atoms with Crippen LogP contribution in [0, 0.1) is 17.8 Å². The minimum Gasteiger partial charge on any atom is -0.481 e. The summed E-state index contributed by atoms with van der Waals surface area (Å²) in [5.74, 6) is -15.9. The molecule has 0 aliphatic rings. The SMILES string of the molecule is CC[C@H](C)[C@@H](NC(=O)[C@@H](NC(=O)[C@H](CCC(=O)O)NC(=O)[C@H](Cc1ccccc1)NC(=O)[C@@H](CN)NC(=O)[C@H](CCN)NC(=O)[C@H](CO)NC(=O)[C@@H](Cc1c[nH]c2ccccc12)NC(=O)[C@@H](CO)NC(=O)CNC(=O)[C@@H](CCN)NC(=O)[C@H](N)C(C)C)C(C)C)C(=O)N[C@@H](C)C(=O)O. The fourth-order valence-electron chi connectivity index (χ4n) is 9.66. The van der Waals surface area contributed by atoms with E-state index in [1.165, 1.54) is 6.92 Å². The summed E-state index contributed by atoms with van der Waals surface area (Å²) in [4.78, 5) is 191. The number of aliphatic carboxylic acids is 2. The number of nitrogens with two attached hydrogens (primary N) is 4. The summed E-state index contributed by atoms with van der Waals surface area (Å²) in [6, 6.07) is -2.87. The number of hydrogen-bond acceptors (Lipinski definition) is 20. The Kier molecular flexibility index (Phi) is 34.9. The first-order valence-electron chi connectivity index (χ1n) is 32.1. The van der Waals surface area contributed by atoms with Crippen molar-refractivity contribution in [2.24, 2.45) is 40.7 Å². The average molecular weight is 1380 g/mol. The molecule has 0 radical (unpaired) electrons. The van der Waals surface area contributed by atoms with Crippen molar-refractivity contribution >= 4 is 93.7 Å². The van der Waals surface area contributed by atoms with E-state index in [0.29, 0.717) is 28.5 Å². The van der Waals surface area contributed by atoms with Crippen molar-refractivity contribution < 1.29 is 87.5 Å². The van der Waals surface area contributed by atoms with Crippen LogP contribution in [0.25, 0.3) is 10.9 Å². The van der Waals surface area contributed by atoms with Gasteiger partial charge in [-0.25, -0.2) is 0 Å². The maximum Gasteiger partial charge on any atom is 0.325 e. The molecule has 35 heteroatoms. The highest BCUT2D eigenvalue weighted by Crippen LogP contribution is 2.20. The second-order valence-electron chi connectivity index (χ2n) is 24.1. The first-order chi connectivity index (χ1) is 46.3. The topological polar surface area (TPSA) is 584 Å². The number of benzene rings is 2. The molecule has 3 rings (SSSR count). The van der Waals surface area contributed by atoms with Crippen molar-refractivity contribution in [3.63, 3.8) is 0 Å². The normalized spacial score (nSPS) is 15.2. The van der Waals surface area contributed by atoms with Crippen LogP contribution in [-0.4, -0.2) is 220 Å². The van der Waals surface area contributed by atoms with Crippen LogP contribution >= 0.6 is 0 Å². The Morgan fingerprint density at radius 3 is 1.45 bits per heavy atom. The van der Waals surface area contributed by atoms with Crippen LogP contribution in [0.3, 0.4) is 0 Å². The molecule has 542 valence electrons. The van der Waals surface area contributed by atoms with Crippen molar-refractivity contribution in [1.29, 1.82) is 0 Å². The molecule has 0 aliphatic heterocycles. The van der Waals surface area contributed by atoms with Gasteiger partial charge in [-0.05, 0) is 74.2 Å². The van der Waals surface area contributed by atoms with Crippen molar-refractivity contribution in [2.45, 2.75) is 166 Å². The minimum absolute atomic E-state index is 0.0243. The third-order valence-electron chi connectivity index (χ3n) is 15.8. The summed E-state index contributed by atoms with van der Waals surface area (Å²) in [6.07, 6.45) is -0.222. The Hall–Kier alpha value is -9.68. The molecule has 0 spiro atoms. The van der Waals surface area contributed by atoms with Gasteiger partial charge in [0.05, 0.1) is 25.8 Å². The van der Waals surface area contributed by atoms with Gasteiger partial charge in [0.1, 0.15) is 66.5 Å². The van der Waals surface area contributed by atoms with E-state index in [4.69, 9.17) is 22.9 Å². The number of fused-ring (bicyclic) bond motifs is 1. The van der Waals surface area contributed by atoms with E-state index in [2.05, 4.69) is 68.8 Å². The predicted molar refractivity (Wildman–Crippen MR) is 354 cm³/mol. The number of carbonyl (C=O) groups excluding carboxylic acids is 12. The number of rotatable bonds is 43. The van der Waals surface area contributed by atoms with Gasteiger partial charge >= 0.3 is 11.9 Å². The largest absolute Gasteiger partial charge is 0.481 e. The van der Waals surface area contributed by atoms with E-state index >= 15 is 0 Å². The monoisotopic (exact) mass is 1380 g/mol. The standard InChI is InChI=1S/C63H97N17O18/c1-8-33(6)51(62(96)70-34(7)63(97)98)80-61(95)50(32(4)5)79-54(88)39(18-19-48(84)85)72-55(89)42(24-35-14-10-9-11-15-35)75-57(91)44(26-66)77-53(87)41(21-23-65)73-59(93)46(30-82)78-56(90)43(25-36-27-68-38-17-13-12-16-37(36)38)76-58(92)45(29-81)71-47(83)28-69-52(86)40(20-22-64)74-60(94)49(67)31(2)3/h9-17,27,31-34,39-46,49-51,68,81-82H,8,18-26,28-30,64-67H2,1-7H3,(H,69,86)(H,70,96)(H,71,83)(H,72,89)(H,73,93)(H,74,94)(H,75,91)(H,76,92)(H,77,87)(H,78,90)(H,79,88)(H,80,95)(H,84,85)(H,97,98)/t33-,34-,39-,40+,41-,42-,43+,44+,45+,46-,49+,50-,51+/m0/s1. The lowest BCUT2D eigenvalue weighted by Gasteiger charge is -2.30. The van der Waals surface area contributed by atoms with E-state index in [0.717, 1.165) is 0 Å². The third-order valence-corrected chi connectivity index (χ3v) is 15.8. The number of aromatic amines is 1. The summed E-state index contributed by atoms with van der Waals surface area (Å²) in [5, 5.41) is 69.5. The van der Waals surface area contributed by atoms with Gasteiger partial charge in [-0.2, -0.15) is 0 Å². The number of nitrogens with one attached hydrogen (secondary N) is 13. The summed E-state index contributed by atoms with van der Waals surface area (Å²) in [6.45, 7) is 7.30. The molecule has 0 saturated heterocycles. The van der Waals surface area contributed by atoms with Crippen molar-refractivity contribution in [1.82, 2.24) is 68.8 Å². The van der Waals surface area contributed by atoms with Gasteiger partial charge < -0.3 is 112 Å². The van der Waals surface area contributed by atoms with Gasteiger partial charge in [-0.3, -0.25) is 67.1 Å². The second-order valence-corrected chi connectivity index (χ2v) is 24.1. The number of amides is 12. The molecule has 2 aromatic carbocycles. The molecule has 0 fully saturated rings. The van der Waals surface area contributed by atoms with Crippen LogP contribution in [-0.2, 0) is 80.0 Å². The molecule has 12 amide bonds. The lowest BCUT2D eigenvalue weighted by atomic mass is 9.96. The van der Waals surface area contributed by atoms with Gasteiger partial charge in [0, 0.05) is 42.9 Å². The molecule has 0 bridgehead atoms. The maximum absolute atomic E-state index is 14.4. The number of carboxylic acid groups (broad SMARTS) is 2. The molecule has 0 aliphatic carbocycles. The molecular weight excluding hydrogens is 1280 g/mol. The zero-order valence-electron chi connectivity index (χ0n) is 55.9. The number of carboxylic acids is 2. The molecule has 0 unspecified atom stereocenters. The number of H-pyrrole nitrogens is 1. The van der Waals surface area contributed by atoms with E-state index in [1.54, 1.807) is 102 Å². The number of para-hydroxylation sites is 1. The Morgan fingerprint density at radius 2 is 0.918 bits per heavy atom. The summed E-state index contributed by atoms with van der Waals surface area (Å²) in [5.41, 5.74) is 25.0. The Labute approximate surface area is 566 Å². The Morgan fingerprint density at radius 1 is 0.469 bits per heavy atom. The summed E-state index contributed by atoms with van der Waals surface area (Å²) < 4.78 is 0. The summed E-state index contributed by atoms with van der Waals surface area (Å²) in [7, 11) is 0. The zero-order valence-corrected chi connectivity index (χ0v) is 55.9. The number of hydrogen-bond donors (Lipinski definition) is 21. The van der Waals surface area contributed by atoms with Crippen molar-refractivity contribution in [3.8, 4) is 0 Å². The van der Waals surface area contributed by atoms with Crippen molar-refractivity contribution in [2.75, 3.05) is 39.4 Å². The predicted octanol–water partition coefficient (Wildman–Crippen LogP) is -6.30. The van der Waals surface area contributed by atoms with Gasteiger partial charge in [-0.1, -0.05) is 96.5 Å². The first-order valence-corrected chi connectivity index (χ1v) is 32.1. The molecule has 13 atom stereocenters. The Balaban J connectivity index is 1.85. The van der Waals surface area contributed by atoms with Crippen molar-refractivity contribution in [3.05, 3.63) is 71.9 Å². The minimum atomic E-state index is -1.86. The highest BCUT2D eigenvalue weighted by Gasteiger charge is 2.38. The Bertz CT molecular complexity index is 3220. The quantitative estimate of drug-likeness (QED) is 0.0251. The number of aliphatic hydroxyl groups is 2. The highest BCUT2D eigenvalue weighted by atomic mass is 16.4. The molecule has 35 nitrogen and oxygen atoms in total. The molecule has 3 aromatic rings. The van der Waals surface area contributed by atoms with Crippen LogP contribution in [0.5, 0.6) is 0 Å². The van der Waals surface area contributed by atoms with Crippen LogP contribution in [0.15, 0.2) is 60.8 Å². The van der Waals surface area contributed by atoms with E-state index in [9.17, 15) is 87.5 Å². The van der Waals surface area contributed by atoms with E-state index in [-0.39, 0.29) is 44.7 Å². The van der Waals surface area contributed by atoms with Gasteiger partial charge in [0.15, 0.2) is 0 Å². The van der Waals surface area contributed by atoms with E-state index in [1.807, 2.05) is 0 Å². The first kappa shape index (κ1) is 82.6. The van der Waals surface area contributed by atoms with Crippen LogP contribution < -0.4 is 86.7 Å². The average Bonchev–Trinajstić information content (AvgIpc) is 1.59. The van der Waals surface area contributed by atoms with Gasteiger partial charge in [0.2, 0.25) is 70.9 Å². The third kappa shape index (κ3) is 26.4. The molecule has 0 saturated carbocycles. The number of carbonyl (C=O) groups is 14. The fourth-order valence-corrected chi connectivity index (χ4v) is 9.66. The molecular formula is C63H97N17O18. The zero-order chi connectivity index (χ0) is 73.5. The molecule has 98 heavy (non-hydrogen) atoms. The lowest BCUT2D eigenvalue weighted by molar-refractivity contribution is -0.142. The van der Waals surface area contributed by atoms with E-state index < -0.39 is 206 Å². The molecule has 25 N–H and O–H groups in total. The van der Waals surface area contributed by atoms with Crippen LogP contribution in [0.2, 0.25) is 0 Å². The van der Waals surface area contributed by atoms with Crippen LogP contribution in [0.1, 0.15) is 91.7 Å². The van der Waals surface area contributed by atoms with Crippen LogP contribution in [0.4, 0.5) is 0 Å². The number of aliphatic hydroxyl groups excluding tert-OH is 2. The fraction of sp³-hybridized carbons (Fsp3) is 0.556. The molecule has 1 aromatic heterocycles. The second kappa shape index (κ2) is 41.4. The van der Waals surface area contributed by atoms with Gasteiger partial charge in [-0.15, -0.1) is 0 Å². The number of aromatic nitrogens is 1. The maximum atomic E-state index is 14.4. The summed E-state index contributed by atoms with van der Waals surface area (Å²) >= 11 is 0. The molecule has 1 heterocycles. The highest BCUT2D eigenvalue weighted by molar-refractivity contribution is 6.00. The van der Waals surface area contributed by atoms with Gasteiger partial charge in [0.25, 0.3) is 0 Å². The lowest BCUT2D eigenvalue weighted by Crippen LogP contribution is -2.62.